The molecule has 94 valence electrons. The molecule has 5 heteroatoms. The Bertz CT molecular complexity index is 383. The molecule has 1 aromatic heterocycles. The van der Waals surface area contributed by atoms with Gasteiger partial charge >= 0.3 is 0 Å². The van der Waals surface area contributed by atoms with Crippen molar-refractivity contribution in [1.29, 1.82) is 0 Å². The fraction of sp³-hybridized carbons (Fsp3) is 0.583. The van der Waals surface area contributed by atoms with Crippen LogP contribution in [0.3, 0.4) is 0 Å². The molecular formula is C12H18ClN3O. The fourth-order valence-electron chi connectivity index (χ4n) is 1.84. The number of anilines is 1. The third-order valence-electron chi connectivity index (χ3n) is 3.37. The number of nitrogens with zero attached hydrogens (tertiary/aromatic N) is 2. The Hall–Kier alpha value is -1.16. The Morgan fingerprint density at radius 1 is 1.29 bits per heavy atom. The monoisotopic (exact) mass is 255 g/mol. The van der Waals surface area contributed by atoms with Gasteiger partial charge in [-0.25, -0.2) is 9.97 Å². The Morgan fingerprint density at radius 3 is 2.35 bits per heavy atom. The normalized spacial score (nSPS) is 11.3. The number of hydrogen-bond acceptors (Lipinski definition) is 4. The van der Waals surface area contributed by atoms with Gasteiger partial charge in [0.2, 0.25) is 0 Å². The molecule has 17 heavy (non-hydrogen) atoms. The maximum atomic E-state index is 11.0. The van der Waals surface area contributed by atoms with Gasteiger partial charge in [0.25, 0.3) is 0 Å². The van der Waals surface area contributed by atoms with Gasteiger partial charge in [-0.05, 0) is 19.3 Å². The van der Waals surface area contributed by atoms with Crippen molar-refractivity contribution in [3.8, 4) is 0 Å². The van der Waals surface area contributed by atoms with Gasteiger partial charge in [0.1, 0.15) is 17.3 Å². The number of carbonyl (C=O) groups is 1. The van der Waals surface area contributed by atoms with Gasteiger partial charge in [0.05, 0.1) is 5.56 Å². The van der Waals surface area contributed by atoms with E-state index in [0.29, 0.717) is 17.7 Å². The summed E-state index contributed by atoms with van der Waals surface area (Å²) in [6.45, 7) is 6.34. The van der Waals surface area contributed by atoms with E-state index in [-0.39, 0.29) is 10.7 Å². The summed E-state index contributed by atoms with van der Waals surface area (Å²) in [5.74, 6) is 0.519. The number of halogens is 1. The van der Waals surface area contributed by atoms with Crippen LogP contribution in [0.15, 0.2) is 6.33 Å². The molecule has 0 saturated heterocycles. The summed E-state index contributed by atoms with van der Waals surface area (Å²) in [4.78, 5) is 18.9. The number of aromatic nitrogens is 2. The smallest absolute Gasteiger partial charge is 0.156 e. The molecule has 0 radical (unpaired) electrons. The highest BCUT2D eigenvalue weighted by Crippen LogP contribution is 2.27. The summed E-state index contributed by atoms with van der Waals surface area (Å²) in [7, 11) is 0. The lowest BCUT2D eigenvalue weighted by molar-refractivity contribution is 0.112. The number of nitrogens with one attached hydrogen (secondary N) is 1. The van der Waals surface area contributed by atoms with Crippen LogP contribution in [-0.4, -0.2) is 21.8 Å². The number of rotatable bonds is 6. The maximum absolute atomic E-state index is 11.0. The maximum Gasteiger partial charge on any atom is 0.156 e. The van der Waals surface area contributed by atoms with Gasteiger partial charge in [-0.1, -0.05) is 32.4 Å². The van der Waals surface area contributed by atoms with E-state index in [4.69, 9.17) is 11.6 Å². The predicted molar refractivity (Wildman–Crippen MR) is 69.7 cm³/mol. The van der Waals surface area contributed by atoms with E-state index in [1.165, 1.54) is 6.33 Å². The first kappa shape index (κ1) is 13.9. The van der Waals surface area contributed by atoms with Gasteiger partial charge in [0.15, 0.2) is 6.29 Å². The summed E-state index contributed by atoms with van der Waals surface area (Å²) in [5.41, 5.74) is 0.281. The van der Waals surface area contributed by atoms with Crippen LogP contribution in [0.25, 0.3) is 0 Å². The zero-order chi connectivity index (χ0) is 12.9. The van der Waals surface area contributed by atoms with Crippen molar-refractivity contribution in [3.63, 3.8) is 0 Å². The molecule has 0 fully saturated rings. The van der Waals surface area contributed by atoms with E-state index in [0.717, 1.165) is 19.3 Å². The van der Waals surface area contributed by atoms with E-state index < -0.39 is 0 Å². The molecule has 4 nitrogen and oxygen atoms in total. The van der Waals surface area contributed by atoms with Crippen LogP contribution in [0.2, 0.25) is 5.15 Å². The lowest BCUT2D eigenvalue weighted by Gasteiger charge is -2.32. The summed E-state index contributed by atoms with van der Waals surface area (Å²) in [6.07, 6.45) is 4.93. The Kier molecular flexibility index (Phi) is 4.87. The molecule has 1 rings (SSSR count). The average Bonchev–Trinajstić information content (AvgIpc) is 2.36. The second-order valence-corrected chi connectivity index (χ2v) is 4.37. The fourth-order valence-corrected chi connectivity index (χ4v) is 2.02. The highest BCUT2D eigenvalue weighted by atomic mass is 35.5. The minimum Gasteiger partial charge on any atom is -0.364 e. The first-order valence-corrected chi connectivity index (χ1v) is 6.24. The van der Waals surface area contributed by atoms with Crippen molar-refractivity contribution in [2.24, 2.45) is 0 Å². The largest absolute Gasteiger partial charge is 0.364 e. The molecule has 0 bridgehead atoms. The summed E-state index contributed by atoms with van der Waals surface area (Å²) < 4.78 is 0. The molecule has 0 aliphatic heterocycles. The average molecular weight is 256 g/mol. The quantitative estimate of drug-likeness (QED) is 0.626. The van der Waals surface area contributed by atoms with Crippen molar-refractivity contribution < 1.29 is 4.79 Å². The second-order valence-electron chi connectivity index (χ2n) is 4.01. The molecular weight excluding hydrogens is 238 g/mol. The van der Waals surface area contributed by atoms with Crippen molar-refractivity contribution in [3.05, 3.63) is 17.0 Å². The lowest BCUT2D eigenvalue weighted by Crippen LogP contribution is -2.37. The van der Waals surface area contributed by atoms with Crippen molar-refractivity contribution in [2.45, 2.75) is 45.6 Å². The summed E-state index contributed by atoms with van der Waals surface area (Å²) in [6, 6.07) is 0. The van der Waals surface area contributed by atoms with E-state index in [1.807, 2.05) is 0 Å². The number of hydrogen-bond donors (Lipinski definition) is 1. The molecule has 0 amide bonds. The lowest BCUT2D eigenvalue weighted by atomic mass is 9.89. The Balaban J connectivity index is 3.09. The first-order chi connectivity index (χ1) is 8.12. The van der Waals surface area contributed by atoms with Gasteiger partial charge in [-0.15, -0.1) is 0 Å². The van der Waals surface area contributed by atoms with Crippen LogP contribution >= 0.6 is 11.6 Å². The predicted octanol–water partition coefficient (Wildman–Crippen LogP) is 3.32. The molecule has 0 unspecified atom stereocenters. The van der Waals surface area contributed by atoms with Crippen LogP contribution in [0.1, 0.15) is 50.4 Å². The minimum atomic E-state index is -0.0462. The van der Waals surface area contributed by atoms with E-state index in [2.05, 4.69) is 36.1 Å². The molecule has 1 aromatic rings. The van der Waals surface area contributed by atoms with E-state index >= 15 is 0 Å². The SMILES string of the molecule is CCC(CC)(CC)Nc1ncnc(Cl)c1C=O. The zero-order valence-electron chi connectivity index (χ0n) is 10.5. The van der Waals surface area contributed by atoms with Gasteiger partial charge < -0.3 is 5.32 Å². The Labute approximate surface area is 107 Å². The third-order valence-corrected chi connectivity index (χ3v) is 3.67. The first-order valence-electron chi connectivity index (χ1n) is 5.86. The van der Waals surface area contributed by atoms with E-state index in [9.17, 15) is 4.79 Å². The molecule has 0 saturated carbocycles. The zero-order valence-corrected chi connectivity index (χ0v) is 11.2. The van der Waals surface area contributed by atoms with Crippen molar-refractivity contribution >= 4 is 23.7 Å². The molecule has 0 aromatic carbocycles. The van der Waals surface area contributed by atoms with Gasteiger partial charge in [0, 0.05) is 5.54 Å². The van der Waals surface area contributed by atoms with Crippen molar-refractivity contribution in [2.75, 3.05) is 5.32 Å². The highest BCUT2D eigenvalue weighted by Gasteiger charge is 2.25. The Morgan fingerprint density at radius 2 is 1.88 bits per heavy atom. The summed E-state index contributed by atoms with van der Waals surface area (Å²) in [5, 5.41) is 3.52. The van der Waals surface area contributed by atoms with Crippen LogP contribution in [-0.2, 0) is 0 Å². The van der Waals surface area contributed by atoms with E-state index in [1.54, 1.807) is 0 Å². The molecule has 1 N–H and O–H groups in total. The van der Waals surface area contributed by atoms with Crippen LogP contribution in [0.4, 0.5) is 5.82 Å². The van der Waals surface area contributed by atoms with Gasteiger partial charge in [-0.2, -0.15) is 0 Å². The molecule has 0 aliphatic carbocycles. The molecule has 0 atom stereocenters. The summed E-state index contributed by atoms with van der Waals surface area (Å²) >= 11 is 5.87. The topological polar surface area (TPSA) is 54.9 Å². The minimum absolute atomic E-state index is 0.0462. The van der Waals surface area contributed by atoms with Gasteiger partial charge in [-0.3, -0.25) is 4.79 Å². The molecule has 0 aliphatic rings. The highest BCUT2D eigenvalue weighted by molar-refractivity contribution is 6.32. The number of carbonyl (C=O) groups excluding carboxylic acids is 1. The molecule has 0 spiro atoms. The van der Waals surface area contributed by atoms with Crippen LogP contribution in [0, 0.1) is 0 Å². The standard InChI is InChI=1S/C12H18ClN3O/c1-4-12(5-2,6-3)16-11-9(7-17)10(13)14-8-15-11/h7-8H,4-6H2,1-3H3,(H,14,15,16). The second kappa shape index (κ2) is 5.96. The third kappa shape index (κ3) is 2.94. The van der Waals surface area contributed by atoms with Crippen LogP contribution in [0.5, 0.6) is 0 Å². The van der Waals surface area contributed by atoms with Crippen molar-refractivity contribution in [1.82, 2.24) is 9.97 Å². The molecule has 1 heterocycles. The van der Waals surface area contributed by atoms with Crippen LogP contribution < -0.4 is 5.32 Å². The number of aldehydes is 1.